The Hall–Kier alpha value is -0.380. The molecule has 0 heterocycles. The van der Waals surface area contributed by atoms with Crippen molar-refractivity contribution in [3.05, 3.63) is 33.8 Å². The van der Waals surface area contributed by atoms with Gasteiger partial charge in [0.1, 0.15) is 0 Å². The third-order valence-corrected chi connectivity index (χ3v) is 4.23. The number of aliphatic hydroxyl groups excluding tert-OH is 1. The summed E-state index contributed by atoms with van der Waals surface area (Å²) < 4.78 is 1.11. The number of halogens is 1. The first-order valence-corrected chi connectivity index (χ1v) is 7.68. The van der Waals surface area contributed by atoms with Crippen molar-refractivity contribution in [3.63, 3.8) is 0 Å². The van der Waals surface area contributed by atoms with Crippen molar-refractivity contribution < 1.29 is 5.11 Å². The van der Waals surface area contributed by atoms with E-state index in [0.717, 1.165) is 11.0 Å². The number of aliphatic hydroxyl groups is 1. The zero-order valence-corrected chi connectivity index (χ0v) is 14.2. The largest absolute Gasteiger partial charge is 0.395 e. The van der Waals surface area contributed by atoms with Gasteiger partial charge >= 0.3 is 0 Å². The van der Waals surface area contributed by atoms with Crippen molar-refractivity contribution in [1.82, 2.24) is 5.32 Å². The molecule has 3 heteroatoms. The Balaban J connectivity index is 2.83. The molecule has 0 aliphatic carbocycles. The average Bonchev–Trinajstić information content (AvgIpc) is 2.32. The highest BCUT2D eigenvalue weighted by molar-refractivity contribution is 9.10. The van der Waals surface area contributed by atoms with Crippen molar-refractivity contribution >= 4 is 15.9 Å². The Morgan fingerprint density at radius 1 is 1.32 bits per heavy atom. The molecule has 0 saturated heterocycles. The Kier molecular flexibility index (Phi) is 6.03. The van der Waals surface area contributed by atoms with E-state index in [4.69, 9.17) is 0 Å². The van der Waals surface area contributed by atoms with Gasteiger partial charge in [-0.05, 0) is 36.1 Å². The lowest BCUT2D eigenvalue weighted by molar-refractivity contribution is 0.204. The molecular weight excluding hydrogens is 302 g/mol. The SMILES string of the molecule is Cc1ccc(Br)cc1C(C)(C)CNC(CO)C(C)C. The normalized spacial score (nSPS) is 13.9. The zero-order chi connectivity index (χ0) is 14.6. The van der Waals surface area contributed by atoms with Crippen LogP contribution in [0.3, 0.4) is 0 Å². The highest BCUT2D eigenvalue weighted by Crippen LogP contribution is 2.28. The van der Waals surface area contributed by atoms with Gasteiger partial charge in [0.2, 0.25) is 0 Å². The maximum absolute atomic E-state index is 9.39. The first kappa shape index (κ1) is 16.7. The summed E-state index contributed by atoms with van der Waals surface area (Å²) in [5.74, 6) is 0.435. The molecule has 1 atom stereocenters. The summed E-state index contributed by atoms with van der Waals surface area (Å²) in [7, 11) is 0. The summed E-state index contributed by atoms with van der Waals surface area (Å²) in [6.07, 6.45) is 0. The molecule has 0 aliphatic rings. The predicted molar refractivity (Wildman–Crippen MR) is 85.6 cm³/mol. The summed E-state index contributed by atoms with van der Waals surface area (Å²) in [6.45, 7) is 11.9. The van der Waals surface area contributed by atoms with E-state index in [1.807, 2.05) is 0 Å². The van der Waals surface area contributed by atoms with E-state index >= 15 is 0 Å². The standard InChI is InChI=1S/C16H26BrNO/c1-11(2)15(9-19)18-10-16(4,5)14-8-13(17)7-6-12(14)3/h6-8,11,15,18-19H,9-10H2,1-5H3. The highest BCUT2D eigenvalue weighted by Gasteiger charge is 2.24. The molecule has 0 saturated carbocycles. The molecule has 0 aromatic heterocycles. The van der Waals surface area contributed by atoms with Crippen LogP contribution >= 0.6 is 15.9 Å². The van der Waals surface area contributed by atoms with Crippen molar-refractivity contribution in [1.29, 1.82) is 0 Å². The number of aryl methyl sites for hydroxylation is 1. The molecule has 1 unspecified atom stereocenters. The molecule has 0 spiro atoms. The lowest BCUT2D eigenvalue weighted by Crippen LogP contribution is -2.43. The first-order valence-electron chi connectivity index (χ1n) is 6.89. The van der Waals surface area contributed by atoms with Gasteiger partial charge in [0.05, 0.1) is 6.61 Å². The van der Waals surface area contributed by atoms with Gasteiger partial charge in [-0.2, -0.15) is 0 Å². The zero-order valence-electron chi connectivity index (χ0n) is 12.6. The van der Waals surface area contributed by atoms with Gasteiger partial charge < -0.3 is 10.4 Å². The lowest BCUT2D eigenvalue weighted by Gasteiger charge is -2.31. The number of hydrogen-bond acceptors (Lipinski definition) is 2. The fourth-order valence-corrected chi connectivity index (χ4v) is 2.68. The Bertz CT molecular complexity index is 415. The molecule has 0 fully saturated rings. The van der Waals surface area contributed by atoms with Crippen LogP contribution in [0.5, 0.6) is 0 Å². The Morgan fingerprint density at radius 2 is 1.95 bits per heavy atom. The summed E-state index contributed by atoms with van der Waals surface area (Å²) in [5.41, 5.74) is 2.69. The number of rotatable bonds is 6. The molecule has 2 nitrogen and oxygen atoms in total. The van der Waals surface area contributed by atoms with Crippen LogP contribution < -0.4 is 5.32 Å². The first-order chi connectivity index (χ1) is 8.77. The lowest BCUT2D eigenvalue weighted by atomic mass is 9.81. The topological polar surface area (TPSA) is 32.3 Å². The van der Waals surface area contributed by atoms with Crippen LogP contribution in [0.1, 0.15) is 38.8 Å². The Morgan fingerprint density at radius 3 is 2.47 bits per heavy atom. The minimum atomic E-state index is 0.0379. The molecule has 0 radical (unpaired) electrons. The summed E-state index contributed by atoms with van der Waals surface area (Å²) in [4.78, 5) is 0. The van der Waals surface area contributed by atoms with Crippen LogP contribution in [0.25, 0.3) is 0 Å². The molecule has 1 aromatic rings. The van der Waals surface area contributed by atoms with E-state index in [-0.39, 0.29) is 18.1 Å². The van der Waals surface area contributed by atoms with Gasteiger partial charge in [0.25, 0.3) is 0 Å². The van der Waals surface area contributed by atoms with Gasteiger partial charge in [-0.1, -0.05) is 49.7 Å². The van der Waals surface area contributed by atoms with Crippen LogP contribution in [0.2, 0.25) is 0 Å². The molecule has 0 aliphatic heterocycles. The second kappa shape index (κ2) is 6.87. The van der Waals surface area contributed by atoms with Crippen LogP contribution in [0, 0.1) is 12.8 Å². The van der Waals surface area contributed by atoms with E-state index in [1.54, 1.807) is 0 Å². The van der Waals surface area contributed by atoms with Crippen LogP contribution in [-0.2, 0) is 5.41 Å². The third-order valence-electron chi connectivity index (χ3n) is 3.74. The predicted octanol–water partition coefficient (Wildman–Crippen LogP) is 3.64. The van der Waals surface area contributed by atoms with Crippen molar-refractivity contribution in [3.8, 4) is 0 Å². The maximum atomic E-state index is 9.39. The van der Waals surface area contributed by atoms with Crippen LogP contribution in [0.15, 0.2) is 22.7 Å². The molecule has 19 heavy (non-hydrogen) atoms. The number of hydrogen-bond donors (Lipinski definition) is 2. The van der Waals surface area contributed by atoms with Gasteiger partial charge in [-0.15, -0.1) is 0 Å². The van der Waals surface area contributed by atoms with E-state index in [9.17, 15) is 5.11 Å². The second-order valence-electron chi connectivity index (χ2n) is 6.26. The van der Waals surface area contributed by atoms with Crippen molar-refractivity contribution in [2.45, 2.75) is 46.1 Å². The smallest absolute Gasteiger partial charge is 0.0587 e. The van der Waals surface area contributed by atoms with Gasteiger partial charge in [0, 0.05) is 22.5 Å². The number of nitrogens with one attached hydrogen (secondary N) is 1. The average molecular weight is 328 g/mol. The fourth-order valence-electron chi connectivity index (χ4n) is 2.32. The van der Waals surface area contributed by atoms with Crippen molar-refractivity contribution in [2.24, 2.45) is 5.92 Å². The second-order valence-corrected chi connectivity index (χ2v) is 7.17. The summed E-state index contributed by atoms with van der Waals surface area (Å²) >= 11 is 3.55. The molecule has 2 N–H and O–H groups in total. The van der Waals surface area contributed by atoms with Crippen LogP contribution in [-0.4, -0.2) is 24.3 Å². The molecule has 1 aromatic carbocycles. The minimum Gasteiger partial charge on any atom is -0.395 e. The number of benzene rings is 1. The van der Waals surface area contributed by atoms with Crippen molar-refractivity contribution in [2.75, 3.05) is 13.2 Å². The molecule has 1 rings (SSSR count). The quantitative estimate of drug-likeness (QED) is 0.836. The maximum Gasteiger partial charge on any atom is 0.0587 e. The molecule has 108 valence electrons. The van der Waals surface area contributed by atoms with E-state index in [1.165, 1.54) is 11.1 Å². The van der Waals surface area contributed by atoms with Crippen LogP contribution in [0.4, 0.5) is 0 Å². The third kappa shape index (κ3) is 4.59. The minimum absolute atomic E-state index is 0.0379. The molecular formula is C16H26BrNO. The van der Waals surface area contributed by atoms with E-state index in [0.29, 0.717) is 5.92 Å². The van der Waals surface area contributed by atoms with Gasteiger partial charge in [-0.3, -0.25) is 0 Å². The molecule has 0 amide bonds. The fraction of sp³-hybridized carbons (Fsp3) is 0.625. The van der Waals surface area contributed by atoms with E-state index in [2.05, 4.69) is 74.1 Å². The molecule has 0 bridgehead atoms. The highest BCUT2D eigenvalue weighted by atomic mass is 79.9. The summed E-state index contributed by atoms with van der Waals surface area (Å²) in [5, 5.41) is 12.9. The van der Waals surface area contributed by atoms with E-state index < -0.39 is 0 Å². The Labute approximate surface area is 125 Å². The monoisotopic (exact) mass is 327 g/mol. The summed E-state index contributed by atoms with van der Waals surface area (Å²) in [6, 6.07) is 6.58. The van der Waals surface area contributed by atoms with Gasteiger partial charge in [-0.25, -0.2) is 0 Å². The van der Waals surface area contributed by atoms with Gasteiger partial charge in [0.15, 0.2) is 0 Å².